The van der Waals surface area contributed by atoms with Crippen LogP contribution in [0.4, 0.5) is 0 Å². The van der Waals surface area contributed by atoms with E-state index in [0.29, 0.717) is 18.0 Å². The van der Waals surface area contributed by atoms with Gasteiger partial charge in [-0.25, -0.2) is 8.42 Å². The van der Waals surface area contributed by atoms with Gasteiger partial charge in [-0.1, -0.05) is 12.2 Å². The Kier molecular flexibility index (Phi) is 4.26. The molecule has 0 spiro atoms. The molecule has 1 aromatic rings. The van der Waals surface area contributed by atoms with E-state index in [4.69, 9.17) is 22.7 Å². The summed E-state index contributed by atoms with van der Waals surface area (Å²) >= 11 is 5.96. The van der Waals surface area contributed by atoms with Crippen molar-refractivity contribution < 1.29 is 13.2 Å². The molecule has 1 aliphatic heterocycles. The predicted octanol–water partition coefficient (Wildman–Crippen LogP) is 1.18. The minimum atomic E-state index is -3.48. The van der Waals surface area contributed by atoms with Gasteiger partial charge in [0.15, 0.2) is 0 Å². The summed E-state index contributed by atoms with van der Waals surface area (Å²) in [6.45, 7) is 4.47. The molecule has 1 fully saturated rings. The zero-order chi connectivity index (χ0) is 14.2. The minimum absolute atomic E-state index is 0.103. The molecule has 0 aromatic carbocycles. The largest absolute Gasteiger partial charge is 0.389 e. The number of nitrogens with two attached hydrogens (primary N) is 1. The van der Waals surface area contributed by atoms with Crippen LogP contribution in [0.15, 0.2) is 16.3 Å². The van der Waals surface area contributed by atoms with Crippen molar-refractivity contribution in [3.8, 4) is 0 Å². The number of nitrogens with zero attached hydrogens (tertiary/aromatic N) is 1. The fraction of sp³-hybridized carbons (Fsp3) is 0.545. The van der Waals surface area contributed by atoms with Crippen LogP contribution in [0.1, 0.15) is 18.7 Å². The standard InChI is InChI=1S/C11H16N2O3S3/c1-7-5-13(6-8(2)16-7)19(14,15)10-4-3-9(18-10)11(12)17/h3-4,7-8H,5-6H2,1-2H3,(H2,12,17)/t7-,8+. The zero-order valence-electron chi connectivity index (χ0n) is 10.7. The lowest BCUT2D eigenvalue weighted by Crippen LogP contribution is -2.47. The van der Waals surface area contributed by atoms with E-state index >= 15 is 0 Å². The van der Waals surface area contributed by atoms with Crippen molar-refractivity contribution >= 4 is 38.6 Å². The van der Waals surface area contributed by atoms with Gasteiger partial charge in [-0.3, -0.25) is 0 Å². The minimum Gasteiger partial charge on any atom is -0.389 e. The second-order valence-electron chi connectivity index (χ2n) is 4.56. The molecule has 0 radical (unpaired) electrons. The van der Waals surface area contributed by atoms with Gasteiger partial charge in [-0.15, -0.1) is 11.3 Å². The average Bonchev–Trinajstić information content (AvgIpc) is 2.77. The van der Waals surface area contributed by atoms with Crippen LogP contribution in [0.5, 0.6) is 0 Å². The first-order chi connectivity index (χ1) is 8.80. The summed E-state index contributed by atoms with van der Waals surface area (Å²) < 4.78 is 32.3. The highest BCUT2D eigenvalue weighted by Crippen LogP contribution is 2.27. The van der Waals surface area contributed by atoms with E-state index < -0.39 is 10.0 Å². The molecular weight excluding hydrogens is 304 g/mol. The van der Waals surface area contributed by atoms with E-state index in [0.717, 1.165) is 11.3 Å². The lowest BCUT2D eigenvalue weighted by molar-refractivity contribution is -0.0440. The molecule has 1 aromatic heterocycles. The molecular formula is C11H16N2O3S3. The number of hydrogen-bond donors (Lipinski definition) is 1. The SMILES string of the molecule is C[C@@H]1CN(S(=O)(=O)c2ccc(C(N)=S)s2)C[C@H](C)O1. The van der Waals surface area contributed by atoms with Gasteiger partial charge in [0.25, 0.3) is 10.0 Å². The first-order valence-corrected chi connectivity index (χ1v) is 8.52. The van der Waals surface area contributed by atoms with Crippen LogP contribution in [0.25, 0.3) is 0 Å². The van der Waals surface area contributed by atoms with Crippen LogP contribution < -0.4 is 5.73 Å². The number of sulfonamides is 1. The van der Waals surface area contributed by atoms with Crippen LogP contribution in [0, 0.1) is 0 Å². The maximum absolute atomic E-state index is 12.5. The molecule has 0 amide bonds. The Morgan fingerprint density at radius 2 is 2.00 bits per heavy atom. The van der Waals surface area contributed by atoms with Gasteiger partial charge in [0, 0.05) is 13.1 Å². The van der Waals surface area contributed by atoms with Crippen LogP contribution in [-0.4, -0.2) is 43.0 Å². The highest BCUT2D eigenvalue weighted by Gasteiger charge is 2.33. The molecule has 0 bridgehead atoms. The summed E-state index contributed by atoms with van der Waals surface area (Å²) in [6.07, 6.45) is -0.206. The highest BCUT2D eigenvalue weighted by molar-refractivity contribution is 7.91. The molecule has 1 aliphatic rings. The number of hydrogen-bond acceptors (Lipinski definition) is 5. The second kappa shape index (κ2) is 5.45. The topological polar surface area (TPSA) is 72.6 Å². The summed E-state index contributed by atoms with van der Waals surface area (Å²) in [5, 5.41) is 0. The van der Waals surface area contributed by atoms with Crippen LogP contribution >= 0.6 is 23.6 Å². The van der Waals surface area contributed by atoms with Crippen molar-refractivity contribution in [1.82, 2.24) is 4.31 Å². The van der Waals surface area contributed by atoms with E-state index in [1.165, 1.54) is 4.31 Å². The summed E-state index contributed by atoms with van der Waals surface area (Å²) in [5.74, 6) is 0. The molecule has 1 saturated heterocycles. The normalized spacial score (nSPS) is 25.4. The van der Waals surface area contributed by atoms with Crippen molar-refractivity contribution in [1.29, 1.82) is 0 Å². The smallest absolute Gasteiger partial charge is 0.252 e. The number of thiocarbonyl (C=S) groups is 1. The Morgan fingerprint density at radius 3 is 2.47 bits per heavy atom. The van der Waals surface area contributed by atoms with Crippen molar-refractivity contribution in [3.63, 3.8) is 0 Å². The number of thiophene rings is 1. The third-order valence-electron chi connectivity index (χ3n) is 2.80. The molecule has 0 saturated carbocycles. The van der Waals surface area contributed by atoms with Gasteiger partial charge in [0.05, 0.1) is 17.1 Å². The number of rotatable bonds is 3. The first-order valence-electron chi connectivity index (χ1n) is 5.86. The Morgan fingerprint density at radius 1 is 1.42 bits per heavy atom. The van der Waals surface area contributed by atoms with Crippen molar-refractivity contribution in [2.45, 2.75) is 30.3 Å². The van der Waals surface area contributed by atoms with Crippen molar-refractivity contribution in [2.75, 3.05) is 13.1 Å². The van der Waals surface area contributed by atoms with Gasteiger partial charge in [0.2, 0.25) is 0 Å². The van der Waals surface area contributed by atoms with Crippen LogP contribution in [0.3, 0.4) is 0 Å². The predicted molar refractivity (Wildman–Crippen MR) is 79.0 cm³/mol. The molecule has 2 heterocycles. The summed E-state index contributed by atoms with van der Waals surface area (Å²) in [4.78, 5) is 0.832. The van der Waals surface area contributed by atoms with Crippen molar-refractivity contribution in [3.05, 3.63) is 17.0 Å². The number of ether oxygens (including phenoxy) is 1. The number of morpholine rings is 1. The van der Waals surface area contributed by atoms with Gasteiger partial charge >= 0.3 is 0 Å². The van der Waals surface area contributed by atoms with Gasteiger partial charge in [-0.05, 0) is 26.0 Å². The molecule has 0 unspecified atom stereocenters. The molecule has 19 heavy (non-hydrogen) atoms. The third-order valence-corrected chi connectivity index (χ3v) is 6.57. The quantitative estimate of drug-likeness (QED) is 0.847. The second-order valence-corrected chi connectivity index (χ2v) is 8.25. The molecule has 2 N–H and O–H groups in total. The molecule has 106 valence electrons. The van der Waals surface area contributed by atoms with Crippen LogP contribution in [0.2, 0.25) is 0 Å². The fourth-order valence-electron chi connectivity index (χ4n) is 2.05. The monoisotopic (exact) mass is 320 g/mol. The van der Waals surface area contributed by atoms with E-state index in [9.17, 15) is 8.42 Å². The van der Waals surface area contributed by atoms with E-state index in [1.807, 2.05) is 13.8 Å². The Hall–Kier alpha value is -0.540. The lowest BCUT2D eigenvalue weighted by atomic mass is 10.3. The zero-order valence-corrected chi connectivity index (χ0v) is 13.1. The first kappa shape index (κ1) is 14.9. The highest BCUT2D eigenvalue weighted by atomic mass is 32.2. The molecule has 5 nitrogen and oxygen atoms in total. The average molecular weight is 320 g/mol. The lowest BCUT2D eigenvalue weighted by Gasteiger charge is -2.34. The Balaban J connectivity index is 2.28. The molecule has 8 heteroatoms. The van der Waals surface area contributed by atoms with Gasteiger partial charge < -0.3 is 10.5 Å². The van der Waals surface area contributed by atoms with E-state index in [-0.39, 0.29) is 21.4 Å². The summed E-state index contributed by atoms with van der Waals surface area (Å²) in [5.41, 5.74) is 5.51. The van der Waals surface area contributed by atoms with Crippen LogP contribution in [-0.2, 0) is 14.8 Å². The maximum atomic E-state index is 12.5. The van der Waals surface area contributed by atoms with Crippen molar-refractivity contribution in [2.24, 2.45) is 5.73 Å². The maximum Gasteiger partial charge on any atom is 0.252 e. The molecule has 0 aliphatic carbocycles. The fourth-order valence-corrected chi connectivity index (χ4v) is 5.14. The summed E-state index contributed by atoms with van der Waals surface area (Å²) in [7, 11) is -3.48. The molecule has 2 rings (SSSR count). The Bertz CT molecular complexity index is 572. The summed E-state index contributed by atoms with van der Waals surface area (Å²) in [6, 6.07) is 3.20. The van der Waals surface area contributed by atoms with E-state index in [1.54, 1.807) is 12.1 Å². The molecule has 2 atom stereocenters. The van der Waals surface area contributed by atoms with Gasteiger partial charge in [-0.2, -0.15) is 4.31 Å². The Labute approximate surface area is 122 Å². The van der Waals surface area contributed by atoms with E-state index in [2.05, 4.69) is 0 Å². The van der Waals surface area contributed by atoms with Gasteiger partial charge in [0.1, 0.15) is 9.20 Å². The third kappa shape index (κ3) is 3.14.